The zero-order chi connectivity index (χ0) is 11.4. The minimum absolute atomic E-state index is 0.241. The molecule has 1 heterocycles. The van der Waals surface area contributed by atoms with Crippen LogP contribution in [0.3, 0.4) is 0 Å². The van der Waals surface area contributed by atoms with Gasteiger partial charge in [0.1, 0.15) is 5.75 Å². The van der Waals surface area contributed by atoms with E-state index < -0.39 is 0 Å². The first-order valence-corrected chi connectivity index (χ1v) is 7.00. The molecule has 1 fully saturated rings. The fourth-order valence-electron chi connectivity index (χ4n) is 1.79. The summed E-state index contributed by atoms with van der Waals surface area (Å²) in [6.07, 6.45) is 1.51. The van der Waals surface area contributed by atoms with Crippen LogP contribution >= 0.6 is 11.8 Å². The van der Waals surface area contributed by atoms with Gasteiger partial charge in [-0.15, -0.1) is 0 Å². The van der Waals surface area contributed by atoms with Crippen LogP contribution in [0.4, 0.5) is 5.69 Å². The van der Waals surface area contributed by atoms with Gasteiger partial charge in [-0.25, -0.2) is 0 Å². The van der Waals surface area contributed by atoms with E-state index in [9.17, 15) is 0 Å². The van der Waals surface area contributed by atoms with Gasteiger partial charge >= 0.3 is 0 Å². The number of hydrogen-bond donors (Lipinski definition) is 1. The van der Waals surface area contributed by atoms with Gasteiger partial charge in [-0.1, -0.05) is 0 Å². The summed E-state index contributed by atoms with van der Waals surface area (Å²) in [7, 11) is 0. The van der Waals surface area contributed by atoms with E-state index in [1.807, 2.05) is 37.7 Å². The lowest BCUT2D eigenvalue weighted by Crippen LogP contribution is -2.17. The Hall–Kier alpha value is -0.830. The lowest BCUT2D eigenvalue weighted by atomic mass is 10.2. The molecule has 0 amide bonds. The Labute approximate surface area is 102 Å². The minimum atomic E-state index is 0.241. The fourth-order valence-corrected chi connectivity index (χ4v) is 2.94. The highest BCUT2D eigenvalue weighted by Crippen LogP contribution is 2.23. The Kier molecular flexibility index (Phi) is 3.99. The molecule has 0 bridgehead atoms. The summed E-state index contributed by atoms with van der Waals surface area (Å²) in [5, 5.41) is 3.54. The normalized spacial score (nSPS) is 20.1. The molecule has 1 aromatic carbocycles. The Bertz CT molecular complexity index is 317. The second-order valence-corrected chi connectivity index (χ2v) is 5.55. The van der Waals surface area contributed by atoms with Gasteiger partial charge in [0.2, 0.25) is 0 Å². The SMILES string of the molecule is CC(C)Oc1ccc(NC2CCSC2)cc1. The third-order valence-electron chi connectivity index (χ3n) is 2.53. The third-order valence-corrected chi connectivity index (χ3v) is 3.69. The average Bonchev–Trinajstić information content (AvgIpc) is 2.73. The molecule has 1 aliphatic rings. The van der Waals surface area contributed by atoms with Crippen LogP contribution in [-0.2, 0) is 0 Å². The molecule has 1 unspecified atom stereocenters. The number of anilines is 1. The summed E-state index contributed by atoms with van der Waals surface area (Å²) in [5.41, 5.74) is 1.20. The molecule has 2 rings (SSSR count). The van der Waals surface area contributed by atoms with E-state index in [2.05, 4.69) is 17.4 Å². The molecular formula is C13H19NOS. The van der Waals surface area contributed by atoms with Crippen LogP contribution < -0.4 is 10.1 Å². The molecule has 88 valence electrons. The van der Waals surface area contributed by atoms with E-state index in [1.54, 1.807) is 0 Å². The van der Waals surface area contributed by atoms with Crippen LogP contribution in [0.15, 0.2) is 24.3 Å². The number of benzene rings is 1. The van der Waals surface area contributed by atoms with Crippen molar-refractivity contribution in [3.05, 3.63) is 24.3 Å². The Morgan fingerprint density at radius 3 is 2.62 bits per heavy atom. The van der Waals surface area contributed by atoms with Gasteiger partial charge in [-0.2, -0.15) is 11.8 Å². The fraction of sp³-hybridized carbons (Fsp3) is 0.538. The number of nitrogens with one attached hydrogen (secondary N) is 1. The average molecular weight is 237 g/mol. The summed E-state index contributed by atoms with van der Waals surface area (Å²) in [6, 6.07) is 8.90. The monoisotopic (exact) mass is 237 g/mol. The molecular weight excluding hydrogens is 218 g/mol. The van der Waals surface area contributed by atoms with Gasteiger partial charge in [0.25, 0.3) is 0 Å². The molecule has 1 atom stereocenters. The standard InChI is InChI=1S/C13H19NOS/c1-10(2)15-13-5-3-11(4-6-13)14-12-7-8-16-9-12/h3-6,10,12,14H,7-9H2,1-2H3. The molecule has 0 spiro atoms. The summed E-state index contributed by atoms with van der Waals surface area (Å²) < 4.78 is 5.61. The summed E-state index contributed by atoms with van der Waals surface area (Å²) in [5.74, 6) is 3.46. The first kappa shape index (κ1) is 11.6. The van der Waals surface area contributed by atoms with Gasteiger partial charge in [0, 0.05) is 17.5 Å². The maximum Gasteiger partial charge on any atom is 0.119 e. The lowest BCUT2D eigenvalue weighted by Gasteiger charge is -2.14. The van der Waals surface area contributed by atoms with Crippen molar-refractivity contribution in [3.8, 4) is 5.75 Å². The molecule has 1 aliphatic heterocycles. The predicted molar refractivity (Wildman–Crippen MR) is 71.6 cm³/mol. The van der Waals surface area contributed by atoms with Crippen LogP contribution in [0.5, 0.6) is 5.75 Å². The topological polar surface area (TPSA) is 21.3 Å². The van der Waals surface area contributed by atoms with E-state index in [-0.39, 0.29) is 6.10 Å². The molecule has 1 aromatic rings. The molecule has 0 aliphatic carbocycles. The van der Waals surface area contributed by atoms with Crippen molar-refractivity contribution in [2.24, 2.45) is 0 Å². The van der Waals surface area contributed by atoms with Crippen molar-refractivity contribution >= 4 is 17.4 Å². The maximum absolute atomic E-state index is 5.61. The minimum Gasteiger partial charge on any atom is -0.491 e. The molecule has 0 radical (unpaired) electrons. The van der Waals surface area contributed by atoms with E-state index in [1.165, 1.54) is 23.6 Å². The number of hydrogen-bond acceptors (Lipinski definition) is 3. The van der Waals surface area contributed by atoms with Crippen molar-refractivity contribution in [2.75, 3.05) is 16.8 Å². The second kappa shape index (κ2) is 5.48. The number of rotatable bonds is 4. The van der Waals surface area contributed by atoms with E-state index in [0.29, 0.717) is 6.04 Å². The van der Waals surface area contributed by atoms with Crippen LogP contribution in [0.2, 0.25) is 0 Å². The molecule has 0 saturated carbocycles. The summed E-state index contributed by atoms with van der Waals surface area (Å²) >= 11 is 2.03. The lowest BCUT2D eigenvalue weighted by molar-refractivity contribution is 0.242. The van der Waals surface area contributed by atoms with Gasteiger partial charge in [-0.3, -0.25) is 0 Å². The Balaban J connectivity index is 1.90. The van der Waals surface area contributed by atoms with Crippen molar-refractivity contribution in [1.29, 1.82) is 0 Å². The second-order valence-electron chi connectivity index (χ2n) is 4.40. The molecule has 2 nitrogen and oxygen atoms in total. The summed E-state index contributed by atoms with van der Waals surface area (Å²) in [4.78, 5) is 0. The molecule has 1 saturated heterocycles. The van der Waals surface area contributed by atoms with Crippen molar-refractivity contribution in [1.82, 2.24) is 0 Å². The quantitative estimate of drug-likeness (QED) is 0.867. The van der Waals surface area contributed by atoms with Crippen LogP contribution in [0.25, 0.3) is 0 Å². The van der Waals surface area contributed by atoms with Crippen LogP contribution in [0.1, 0.15) is 20.3 Å². The first-order chi connectivity index (χ1) is 7.74. The molecule has 16 heavy (non-hydrogen) atoms. The van der Waals surface area contributed by atoms with E-state index in [4.69, 9.17) is 4.74 Å². The van der Waals surface area contributed by atoms with Gasteiger partial charge in [0.15, 0.2) is 0 Å². The highest BCUT2D eigenvalue weighted by Gasteiger charge is 2.14. The van der Waals surface area contributed by atoms with Crippen molar-refractivity contribution < 1.29 is 4.74 Å². The summed E-state index contributed by atoms with van der Waals surface area (Å²) in [6.45, 7) is 4.09. The van der Waals surface area contributed by atoms with E-state index in [0.717, 1.165) is 5.75 Å². The smallest absolute Gasteiger partial charge is 0.119 e. The Morgan fingerprint density at radius 2 is 2.06 bits per heavy atom. The van der Waals surface area contributed by atoms with Gasteiger partial charge in [0.05, 0.1) is 6.10 Å². The van der Waals surface area contributed by atoms with Crippen LogP contribution in [-0.4, -0.2) is 23.7 Å². The highest BCUT2D eigenvalue weighted by molar-refractivity contribution is 7.99. The molecule has 3 heteroatoms. The highest BCUT2D eigenvalue weighted by atomic mass is 32.2. The maximum atomic E-state index is 5.61. The van der Waals surface area contributed by atoms with Crippen molar-refractivity contribution in [3.63, 3.8) is 0 Å². The molecule has 1 N–H and O–H groups in total. The zero-order valence-corrected chi connectivity index (χ0v) is 10.7. The Morgan fingerprint density at radius 1 is 1.31 bits per heavy atom. The van der Waals surface area contributed by atoms with E-state index >= 15 is 0 Å². The van der Waals surface area contributed by atoms with Gasteiger partial charge in [-0.05, 0) is 50.3 Å². The zero-order valence-electron chi connectivity index (χ0n) is 9.90. The number of ether oxygens (including phenoxy) is 1. The third kappa shape index (κ3) is 3.34. The predicted octanol–water partition coefficient (Wildman–Crippen LogP) is 3.39. The number of thioether (sulfide) groups is 1. The first-order valence-electron chi connectivity index (χ1n) is 5.85. The van der Waals surface area contributed by atoms with Crippen molar-refractivity contribution in [2.45, 2.75) is 32.4 Å². The largest absolute Gasteiger partial charge is 0.491 e. The van der Waals surface area contributed by atoms with Gasteiger partial charge < -0.3 is 10.1 Å². The molecule has 0 aromatic heterocycles. The van der Waals surface area contributed by atoms with Crippen LogP contribution in [0, 0.1) is 0 Å².